The maximum absolute atomic E-state index is 12.2. The molecule has 112 valence electrons. The van der Waals surface area contributed by atoms with Crippen molar-refractivity contribution in [1.82, 2.24) is 9.97 Å². The fraction of sp³-hybridized carbons (Fsp3) is 0.688. The van der Waals surface area contributed by atoms with Crippen LogP contribution in [0.3, 0.4) is 0 Å². The van der Waals surface area contributed by atoms with E-state index in [9.17, 15) is 4.79 Å². The zero-order valence-corrected chi connectivity index (χ0v) is 13.1. The molecule has 1 aromatic rings. The molecule has 0 spiro atoms. The highest BCUT2D eigenvalue weighted by atomic mass is 16.2. The van der Waals surface area contributed by atoms with Gasteiger partial charge in [0.15, 0.2) is 0 Å². The lowest BCUT2D eigenvalue weighted by molar-refractivity contribution is -0.118. The van der Waals surface area contributed by atoms with Gasteiger partial charge in [0.2, 0.25) is 5.91 Å². The van der Waals surface area contributed by atoms with Gasteiger partial charge in [-0.2, -0.15) is 0 Å². The topological polar surface area (TPSA) is 46.1 Å². The van der Waals surface area contributed by atoms with Gasteiger partial charge in [-0.15, -0.1) is 0 Å². The van der Waals surface area contributed by atoms with Gasteiger partial charge in [-0.1, -0.05) is 33.6 Å². The molecule has 0 fully saturated rings. The summed E-state index contributed by atoms with van der Waals surface area (Å²) in [5.74, 6) is 1.77. The van der Waals surface area contributed by atoms with Crippen LogP contribution in [0.1, 0.15) is 65.1 Å². The second-order valence-corrected chi connectivity index (χ2v) is 5.08. The van der Waals surface area contributed by atoms with Crippen molar-refractivity contribution >= 4 is 11.7 Å². The van der Waals surface area contributed by atoms with E-state index in [0.717, 1.165) is 56.7 Å². The van der Waals surface area contributed by atoms with Gasteiger partial charge >= 0.3 is 0 Å². The molecule has 4 heteroatoms. The predicted molar refractivity (Wildman–Crippen MR) is 82.8 cm³/mol. The number of nitrogens with zero attached hydrogens (tertiary/aromatic N) is 3. The normalized spacial score (nSPS) is 10.6. The molecule has 0 aliphatic rings. The monoisotopic (exact) mass is 277 g/mol. The van der Waals surface area contributed by atoms with Crippen LogP contribution in [0.25, 0.3) is 0 Å². The average Bonchev–Trinajstić information content (AvgIpc) is 2.46. The van der Waals surface area contributed by atoms with Crippen LogP contribution in [0.4, 0.5) is 5.82 Å². The van der Waals surface area contributed by atoms with Crippen molar-refractivity contribution in [2.45, 2.75) is 65.7 Å². The highest BCUT2D eigenvalue weighted by molar-refractivity contribution is 5.92. The van der Waals surface area contributed by atoms with Crippen molar-refractivity contribution in [2.75, 3.05) is 11.4 Å². The van der Waals surface area contributed by atoms with Crippen LogP contribution in [-0.4, -0.2) is 22.4 Å². The highest BCUT2D eigenvalue weighted by Gasteiger charge is 2.16. The average molecular weight is 277 g/mol. The van der Waals surface area contributed by atoms with Gasteiger partial charge in [0.1, 0.15) is 11.6 Å². The number of carbonyl (C=O) groups is 1. The Kier molecular flexibility index (Phi) is 7.85. The first kappa shape index (κ1) is 16.6. The molecule has 0 aliphatic carbocycles. The third kappa shape index (κ3) is 5.27. The molecule has 0 aliphatic heterocycles. The third-order valence-electron chi connectivity index (χ3n) is 3.22. The van der Waals surface area contributed by atoms with Crippen molar-refractivity contribution in [3.05, 3.63) is 18.1 Å². The summed E-state index contributed by atoms with van der Waals surface area (Å²) in [6, 6.07) is 1.85. The van der Waals surface area contributed by atoms with E-state index in [1.807, 2.05) is 17.9 Å². The first-order valence-corrected chi connectivity index (χ1v) is 7.85. The van der Waals surface area contributed by atoms with E-state index < -0.39 is 0 Å². The molecule has 1 amide bonds. The van der Waals surface area contributed by atoms with E-state index in [4.69, 9.17) is 0 Å². The number of rotatable bonds is 9. The molecule has 20 heavy (non-hydrogen) atoms. The standard InChI is InChI=1S/C16H27N3O/c1-4-7-10-14-17-12-11-15(18-14)19(13-8-5-2)16(20)9-6-3/h11-12H,4-10,13H2,1-3H3. The van der Waals surface area contributed by atoms with Gasteiger partial charge < -0.3 is 0 Å². The summed E-state index contributed by atoms with van der Waals surface area (Å²) >= 11 is 0. The molecule has 1 aromatic heterocycles. The van der Waals surface area contributed by atoms with Gasteiger partial charge in [0, 0.05) is 25.6 Å². The Morgan fingerprint density at radius 3 is 2.55 bits per heavy atom. The molecule has 0 saturated heterocycles. The number of aromatic nitrogens is 2. The van der Waals surface area contributed by atoms with Crippen LogP contribution in [-0.2, 0) is 11.2 Å². The lowest BCUT2D eigenvalue weighted by Crippen LogP contribution is -2.32. The summed E-state index contributed by atoms with van der Waals surface area (Å²) in [6.45, 7) is 7.07. The summed E-state index contributed by atoms with van der Waals surface area (Å²) in [6.07, 6.45) is 8.39. The first-order valence-electron chi connectivity index (χ1n) is 7.85. The smallest absolute Gasteiger partial charge is 0.228 e. The minimum absolute atomic E-state index is 0.168. The molecule has 1 rings (SSSR count). The lowest BCUT2D eigenvalue weighted by Gasteiger charge is -2.21. The van der Waals surface area contributed by atoms with E-state index in [0.29, 0.717) is 6.42 Å². The minimum Gasteiger partial charge on any atom is -0.297 e. The second kappa shape index (κ2) is 9.45. The number of unbranched alkanes of at least 4 members (excludes halogenated alkanes) is 2. The Labute approximate surface area is 122 Å². The van der Waals surface area contributed by atoms with Crippen LogP contribution < -0.4 is 4.90 Å². The molecule has 4 nitrogen and oxygen atoms in total. The van der Waals surface area contributed by atoms with E-state index >= 15 is 0 Å². The summed E-state index contributed by atoms with van der Waals surface area (Å²) in [5.41, 5.74) is 0. The van der Waals surface area contributed by atoms with Crippen LogP contribution >= 0.6 is 0 Å². The molecule has 0 atom stereocenters. The molecule has 0 aromatic carbocycles. The fourth-order valence-corrected chi connectivity index (χ4v) is 2.03. The van der Waals surface area contributed by atoms with Crippen molar-refractivity contribution in [2.24, 2.45) is 0 Å². The number of amides is 1. The molecular formula is C16H27N3O. The highest BCUT2D eigenvalue weighted by Crippen LogP contribution is 2.14. The summed E-state index contributed by atoms with van der Waals surface area (Å²) in [4.78, 5) is 22.9. The number of anilines is 1. The lowest BCUT2D eigenvalue weighted by atomic mass is 10.2. The molecule has 0 saturated carbocycles. The Bertz CT molecular complexity index is 406. The van der Waals surface area contributed by atoms with Gasteiger partial charge in [-0.3, -0.25) is 9.69 Å². The van der Waals surface area contributed by atoms with Gasteiger partial charge in [0.25, 0.3) is 0 Å². The first-order chi connectivity index (χ1) is 9.72. The fourth-order valence-electron chi connectivity index (χ4n) is 2.03. The number of carbonyl (C=O) groups excluding carboxylic acids is 1. The SMILES string of the molecule is CCCCc1nccc(N(CCCC)C(=O)CCC)n1. The molecule has 0 N–H and O–H groups in total. The van der Waals surface area contributed by atoms with Crippen LogP contribution in [0, 0.1) is 0 Å². The maximum atomic E-state index is 12.2. The molecule has 0 radical (unpaired) electrons. The largest absolute Gasteiger partial charge is 0.297 e. The predicted octanol–water partition coefficient (Wildman–Crippen LogP) is 3.75. The van der Waals surface area contributed by atoms with Crippen molar-refractivity contribution in [1.29, 1.82) is 0 Å². The Hall–Kier alpha value is -1.45. The third-order valence-corrected chi connectivity index (χ3v) is 3.22. The van der Waals surface area contributed by atoms with Crippen LogP contribution in [0.2, 0.25) is 0 Å². The number of hydrogen-bond acceptors (Lipinski definition) is 3. The zero-order valence-electron chi connectivity index (χ0n) is 13.1. The maximum Gasteiger partial charge on any atom is 0.228 e. The van der Waals surface area contributed by atoms with Crippen molar-refractivity contribution < 1.29 is 4.79 Å². The summed E-state index contributed by atoms with van der Waals surface area (Å²) in [5, 5.41) is 0. The molecule has 0 bridgehead atoms. The summed E-state index contributed by atoms with van der Waals surface area (Å²) < 4.78 is 0. The van der Waals surface area contributed by atoms with Crippen molar-refractivity contribution in [3.63, 3.8) is 0 Å². The molecule has 1 heterocycles. The van der Waals surface area contributed by atoms with E-state index in [1.165, 1.54) is 0 Å². The summed E-state index contributed by atoms with van der Waals surface area (Å²) in [7, 11) is 0. The van der Waals surface area contributed by atoms with E-state index in [2.05, 4.69) is 23.8 Å². The molecular weight excluding hydrogens is 250 g/mol. The van der Waals surface area contributed by atoms with Gasteiger partial charge in [-0.05, 0) is 25.3 Å². The second-order valence-electron chi connectivity index (χ2n) is 5.08. The van der Waals surface area contributed by atoms with Crippen LogP contribution in [0.5, 0.6) is 0 Å². The number of aryl methyl sites for hydroxylation is 1. The Morgan fingerprint density at radius 1 is 1.15 bits per heavy atom. The number of hydrogen-bond donors (Lipinski definition) is 0. The molecule has 0 unspecified atom stereocenters. The van der Waals surface area contributed by atoms with Crippen LogP contribution in [0.15, 0.2) is 12.3 Å². The minimum atomic E-state index is 0.168. The Balaban J connectivity index is 2.85. The van der Waals surface area contributed by atoms with Gasteiger partial charge in [-0.25, -0.2) is 9.97 Å². The Morgan fingerprint density at radius 2 is 1.90 bits per heavy atom. The van der Waals surface area contributed by atoms with Crippen molar-refractivity contribution in [3.8, 4) is 0 Å². The zero-order chi connectivity index (χ0) is 14.8. The van der Waals surface area contributed by atoms with Gasteiger partial charge in [0.05, 0.1) is 0 Å². The van der Waals surface area contributed by atoms with E-state index in [1.54, 1.807) is 6.20 Å². The quantitative estimate of drug-likeness (QED) is 0.690. The van der Waals surface area contributed by atoms with E-state index in [-0.39, 0.29) is 5.91 Å².